The Kier molecular flexibility index (Phi) is 2.59. The number of carbonyl (C=O) groups excluding carboxylic acids is 1. The first-order valence-corrected chi connectivity index (χ1v) is 5.94. The molecular weight excluding hydrogens is 242 g/mol. The molecule has 0 radical (unpaired) electrons. The first kappa shape index (κ1) is 11.5. The van der Waals surface area contributed by atoms with Crippen molar-refractivity contribution in [3.05, 3.63) is 47.9 Å². The normalized spacial score (nSPS) is 10.8. The minimum atomic E-state index is -0.202. The van der Waals surface area contributed by atoms with Crippen LogP contribution in [0.25, 0.3) is 10.9 Å². The molecule has 0 atom stereocenters. The number of aromatic nitrogens is 2. The Morgan fingerprint density at radius 2 is 2.11 bits per heavy atom. The zero-order valence-electron chi connectivity index (χ0n) is 10.7. The van der Waals surface area contributed by atoms with Crippen molar-refractivity contribution in [2.45, 2.75) is 6.92 Å². The summed E-state index contributed by atoms with van der Waals surface area (Å²) in [6.45, 7) is 1.78. The molecule has 0 aliphatic heterocycles. The number of para-hydroxylation sites is 1. The lowest BCUT2D eigenvalue weighted by Gasteiger charge is -2.03. The Hall–Kier alpha value is -2.56. The van der Waals surface area contributed by atoms with E-state index in [-0.39, 0.29) is 5.91 Å². The maximum atomic E-state index is 12.2. The Labute approximate surface area is 109 Å². The van der Waals surface area contributed by atoms with E-state index in [2.05, 4.69) is 10.5 Å². The molecular formula is C14H13N3O2. The van der Waals surface area contributed by atoms with Crippen molar-refractivity contribution in [2.24, 2.45) is 7.05 Å². The topological polar surface area (TPSA) is 60.1 Å². The van der Waals surface area contributed by atoms with Gasteiger partial charge in [0, 0.05) is 24.0 Å². The number of benzene rings is 1. The summed E-state index contributed by atoms with van der Waals surface area (Å²) >= 11 is 0. The third kappa shape index (κ3) is 1.99. The second-order valence-corrected chi connectivity index (χ2v) is 4.42. The molecule has 3 aromatic rings. The van der Waals surface area contributed by atoms with Crippen molar-refractivity contribution in [1.29, 1.82) is 0 Å². The molecule has 2 aromatic heterocycles. The van der Waals surface area contributed by atoms with Gasteiger partial charge in [0.15, 0.2) is 5.82 Å². The van der Waals surface area contributed by atoms with Gasteiger partial charge in [-0.25, -0.2) is 0 Å². The van der Waals surface area contributed by atoms with Crippen molar-refractivity contribution in [3.8, 4) is 0 Å². The van der Waals surface area contributed by atoms with E-state index in [0.29, 0.717) is 17.3 Å². The molecule has 0 saturated heterocycles. The Morgan fingerprint density at radius 3 is 2.79 bits per heavy atom. The van der Waals surface area contributed by atoms with Gasteiger partial charge in [0.1, 0.15) is 11.5 Å². The van der Waals surface area contributed by atoms with E-state index in [0.717, 1.165) is 10.9 Å². The predicted octanol–water partition coefficient (Wildman–Crippen LogP) is 2.73. The smallest absolute Gasteiger partial charge is 0.273 e. The average Bonchev–Trinajstić information content (AvgIpc) is 2.94. The number of nitrogens with one attached hydrogen (secondary N) is 1. The first-order chi connectivity index (χ1) is 9.15. The van der Waals surface area contributed by atoms with Gasteiger partial charge in [-0.05, 0) is 19.1 Å². The van der Waals surface area contributed by atoms with Crippen LogP contribution < -0.4 is 5.32 Å². The second kappa shape index (κ2) is 4.28. The maximum absolute atomic E-state index is 12.2. The summed E-state index contributed by atoms with van der Waals surface area (Å²) in [6, 6.07) is 11.4. The molecule has 0 spiro atoms. The van der Waals surface area contributed by atoms with E-state index in [1.54, 1.807) is 13.0 Å². The molecule has 1 aromatic carbocycles. The number of anilines is 1. The lowest BCUT2D eigenvalue weighted by atomic mass is 10.2. The van der Waals surface area contributed by atoms with E-state index >= 15 is 0 Å². The summed E-state index contributed by atoms with van der Waals surface area (Å²) in [6.07, 6.45) is 0. The second-order valence-electron chi connectivity index (χ2n) is 4.42. The molecule has 0 fully saturated rings. The SMILES string of the molecule is Cc1cc(NC(=O)c2cc3ccccc3n2C)no1. The van der Waals surface area contributed by atoms with Crippen LogP contribution in [0.15, 0.2) is 40.9 Å². The molecule has 0 saturated carbocycles. The monoisotopic (exact) mass is 255 g/mol. The summed E-state index contributed by atoms with van der Waals surface area (Å²) in [5.41, 5.74) is 1.60. The number of hydrogen-bond donors (Lipinski definition) is 1. The van der Waals surface area contributed by atoms with Crippen LogP contribution in [0.5, 0.6) is 0 Å². The summed E-state index contributed by atoms with van der Waals surface area (Å²) in [4.78, 5) is 12.2. The fourth-order valence-electron chi connectivity index (χ4n) is 2.11. The zero-order chi connectivity index (χ0) is 13.4. The molecule has 5 heteroatoms. The average molecular weight is 255 g/mol. The molecule has 3 rings (SSSR count). The molecule has 19 heavy (non-hydrogen) atoms. The summed E-state index contributed by atoms with van der Waals surface area (Å²) in [5, 5.41) is 7.50. The first-order valence-electron chi connectivity index (χ1n) is 5.94. The fraction of sp³-hybridized carbons (Fsp3) is 0.143. The third-order valence-corrected chi connectivity index (χ3v) is 3.05. The summed E-state index contributed by atoms with van der Waals surface area (Å²) in [7, 11) is 1.87. The highest BCUT2D eigenvalue weighted by atomic mass is 16.5. The molecule has 96 valence electrons. The third-order valence-electron chi connectivity index (χ3n) is 3.05. The van der Waals surface area contributed by atoms with Gasteiger partial charge in [-0.15, -0.1) is 0 Å². The number of amides is 1. The van der Waals surface area contributed by atoms with Crippen molar-refractivity contribution in [2.75, 3.05) is 5.32 Å². The summed E-state index contributed by atoms with van der Waals surface area (Å²) in [5.74, 6) is 0.882. The van der Waals surface area contributed by atoms with Gasteiger partial charge in [-0.1, -0.05) is 23.4 Å². The number of nitrogens with zero attached hydrogens (tertiary/aromatic N) is 2. The Bertz CT molecular complexity index is 755. The number of rotatable bonds is 2. The molecule has 1 amide bonds. The van der Waals surface area contributed by atoms with Crippen molar-refractivity contribution < 1.29 is 9.32 Å². The van der Waals surface area contributed by atoms with Gasteiger partial charge < -0.3 is 14.4 Å². The van der Waals surface area contributed by atoms with Gasteiger partial charge in [-0.3, -0.25) is 4.79 Å². The zero-order valence-corrected chi connectivity index (χ0v) is 10.7. The number of aryl methyl sites for hydroxylation is 2. The van der Waals surface area contributed by atoms with E-state index in [1.807, 2.05) is 41.9 Å². The standard InChI is InChI=1S/C14H13N3O2/c1-9-7-13(16-19-9)15-14(18)12-8-10-5-3-4-6-11(10)17(12)2/h3-8H,1-2H3,(H,15,16,18). The minimum Gasteiger partial charge on any atom is -0.360 e. The van der Waals surface area contributed by atoms with Gasteiger partial charge in [0.05, 0.1) is 0 Å². The van der Waals surface area contributed by atoms with E-state index in [9.17, 15) is 4.79 Å². The fourth-order valence-corrected chi connectivity index (χ4v) is 2.11. The van der Waals surface area contributed by atoms with E-state index in [4.69, 9.17) is 4.52 Å². The van der Waals surface area contributed by atoms with Crippen molar-refractivity contribution in [1.82, 2.24) is 9.72 Å². The molecule has 2 heterocycles. The maximum Gasteiger partial charge on any atom is 0.273 e. The molecule has 0 unspecified atom stereocenters. The van der Waals surface area contributed by atoms with Gasteiger partial charge in [0.25, 0.3) is 5.91 Å². The molecule has 0 bridgehead atoms. The van der Waals surface area contributed by atoms with Crippen LogP contribution in [-0.2, 0) is 7.05 Å². The molecule has 0 aliphatic carbocycles. The Balaban J connectivity index is 1.95. The van der Waals surface area contributed by atoms with Crippen LogP contribution in [0.4, 0.5) is 5.82 Å². The van der Waals surface area contributed by atoms with Crippen molar-refractivity contribution in [3.63, 3.8) is 0 Å². The highest BCUT2D eigenvalue weighted by Gasteiger charge is 2.14. The highest BCUT2D eigenvalue weighted by Crippen LogP contribution is 2.19. The van der Waals surface area contributed by atoms with Crippen LogP contribution in [0.2, 0.25) is 0 Å². The molecule has 1 N–H and O–H groups in total. The number of hydrogen-bond acceptors (Lipinski definition) is 3. The van der Waals surface area contributed by atoms with Crippen molar-refractivity contribution >= 4 is 22.6 Å². The van der Waals surface area contributed by atoms with Crippen LogP contribution in [0.1, 0.15) is 16.2 Å². The predicted molar refractivity (Wildman–Crippen MR) is 72.1 cm³/mol. The highest BCUT2D eigenvalue weighted by molar-refractivity contribution is 6.05. The van der Waals surface area contributed by atoms with E-state index in [1.165, 1.54) is 0 Å². The minimum absolute atomic E-state index is 0.202. The Morgan fingerprint density at radius 1 is 1.32 bits per heavy atom. The quantitative estimate of drug-likeness (QED) is 0.766. The van der Waals surface area contributed by atoms with Crippen LogP contribution in [0, 0.1) is 6.92 Å². The largest absolute Gasteiger partial charge is 0.360 e. The lowest BCUT2D eigenvalue weighted by molar-refractivity contribution is 0.101. The molecule has 0 aliphatic rings. The van der Waals surface area contributed by atoms with E-state index < -0.39 is 0 Å². The number of fused-ring (bicyclic) bond motifs is 1. The molecule has 5 nitrogen and oxygen atoms in total. The lowest BCUT2D eigenvalue weighted by Crippen LogP contribution is -2.15. The van der Waals surface area contributed by atoms with Gasteiger partial charge in [0.2, 0.25) is 0 Å². The van der Waals surface area contributed by atoms with Crippen LogP contribution >= 0.6 is 0 Å². The number of carbonyl (C=O) groups is 1. The van der Waals surface area contributed by atoms with Crippen LogP contribution in [-0.4, -0.2) is 15.6 Å². The summed E-state index contributed by atoms with van der Waals surface area (Å²) < 4.78 is 6.78. The van der Waals surface area contributed by atoms with Gasteiger partial charge >= 0.3 is 0 Å². The van der Waals surface area contributed by atoms with Gasteiger partial charge in [-0.2, -0.15) is 0 Å². The van der Waals surface area contributed by atoms with Crippen LogP contribution in [0.3, 0.4) is 0 Å².